The van der Waals surface area contributed by atoms with Crippen molar-refractivity contribution in [2.24, 2.45) is 0 Å². The van der Waals surface area contributed by atoms with E-state index in [-0.39, 0.29) is 17.5 Å². The Balaban J connectivity index is 0.00000196. The van der Waals surface area contributed by atoms with Crippen LogP contribution >= 0.6 is 0 Å². The molecule has 4 N–H and O–H groups in total. The molecular weight excluding hydrogens is 194 g/mol. The van der Waals surface area contributed by atoms with Gasteiger partial charge in [-0.3, -0.25) is 0 Å². The molecule has 0 aliphatic heterocycles. The fraction of sp³-hybridized carbons (Fsp3) is 0.364. The van der Waals surface area contributed by atoms with E-state index in [2.05, 4.69) is 0 Å². The maximum Gasteiger partial charge on any atom is 0.341 e. The molecule has 84 valence electrons. The quantitative estimate of drug-likeness (QED) is 0.592. The molecule has 1 aromatic rings. The Hall–Kier alpha value is -1.55. The van der Waals surface area contributed by atoms with Crippen molar-refractivity contribution in [1.29, 1.82) is 0 Å². The second-order valence-electron chi connectivity index (χ2n) is 3.01. The van der Waals surface area contributed by atoms with Gasteiger partial charge < -0.3 is 16.0 Å². The molecule has 0 heterocycles. The summed E-state index contributed by atoms with van der Waals surface area (Å²) in [5.74, 6) is -0.495. The molecular formula is C11H17NO3. The molecule has 0 spiro atoms. The van der Waals surface area contributed by atoms with Crippen molar-refractivity contribution in [1.82, 2.24) is 6.15 Å². The molecule has 0 unspecified atom stereocenters. The molecule has 4 heteroatoms. The minimum absolute atomic E-state index is 0. The predicted octanol–water partition coefficient (Wildman–Crippen LogP) is 2.51. The number of aromatic hydroxyl groups is 1. The van der Waals surface area contributed by atoms with Crippen molar-refractivity contribution in [3.63, 3.8) is 0 Å². The number of carbonyl (C=O) groups excluding carboxylic acids is 1. The summed E-state index contributed by atoms with van der Waals surface area (Å²) in [5, 5.41) is 9.34. The van der Waals surface area contributed by atoms with Crippen molar-refractivity contribution in [3.8, 4) is 5.75 Å². The van der Waals surface area contributed by atoms with Gasteiger partial charge in [-0.05, 0) is 18.6 Å². The van der Waals surface area contributed by atoms with Gasteiger partial charge in [0.2, 0.25) is 0 Å². The number of phenolic OH excluding ortho intramolecular Hbond substituents is 1. The highest BCUT2D eigenvalue weighted by Gasteiger charge is 2.10. The van der Waals surface area contributed by atoms with Crippen LogP contribution in [0.4, 0.5) is 0 Å². The van der Waals surface area contributed by atoms with Crippen LogP contribution in [-0.2, 0) is 4.74 Å². The lowest BCUT2D eigenvalue weighted by molar-refractivity contribution is 0.0496. The molecule has 1 rings (SSSR count). The van der Waals surface area contributed by atoms with Gasteiger partial charge in [0.15, 0.2) is 0 Å². The first-order valence-corrected chi connectivity index (χ1v) is 4.70. The summed E-state index contributed by atoms with van der Waals surface area (Å²) in [4.78, 5) is 11.4. The molecule has 0 fully saturated rings. The molecule has 0 aromatic heterocycles. The van der Waals surface area contributed by atoms with Crippen LogP contribution in [0.2, 0.25) is 0 Å². The number of carbonyl (C=O) groups is 1. The van der Waals surface area contributed by atoms with E-state index in [0.717, 1.165) is 12.8 Å². The number of rotatable bonds is 4. The van der Waals surface area contributed by atoms with Crippen LogP contribution < -0.4 is 6.15 Å². The summed E-state index contributed by atoms with van der Waals surface area (Å²) in [6.45, 7) is 2.43. The molecule has 0 radical (unpaired) electrons. The highest BCUT2D eigenvalue weighted by Crippen LogP contribution is 2.16. The van der Waals surface area contributed by atoms with Crippen molar-refractivity contribution < 1.29 is 14.6 Å². The Kier molecular flexibility index (Phi) is 6.13. The maximum absolute atomic E-state index is 11.4. The summed E-state index contributed by atoms with van der Waals surface area (Å²) < 4.78 is 4.95. The van der Waals surface area contributed by atoms with E-state index in [1.54, 1.807) is 18.2 Å². The monoisotopic (exact) mass is 211 g/mol. The number of hydrogen-bond acceptors (Lipinski definition) is 4. The zero-order valence-corrected chi connectivity index (χ0v) is 8.90. The third kappa shape index (κ3) is 3.99. The standard InChI is InChI=1S/C11H14O3.H3N/c1-2-3-8-14-11(13)9-6-4-5-7-10(9)12;/h4-7,12H,2-3,8H2,1H3;1H3. The largest absolute Gasteiger partial charge is 0.507 e. The first-order chi connectivity index (χ1) is 6.75. The smallest absolute Gasteiger partial charge is 0.341 e. The van der Waals surface area contributed by atoms with Gasteiger partial charge in [-0.15, -0.1) is 0 Å². The summed E-state index contributed by atoms with van der Waals surface area (Å²) in [6, 6.07) is 6.37. The summed E-state index contributed by atoms with van der Waals surface area (Å²) in [6.07, 6.45) is 1.83. The first kappa shape index (κ1) is 13.4. The van der Waals surface area contributed by atoms with E-state index in [1.165, 1.54) is 6.07 Å². The molecule has 0 amide bonds. The Morgan fingerprint density at radius 2 is 2.07 bits per heavy atom. The maximum atomic E-state index is 11.4. The zero-order chi connectivity index (χ0) is 10.4. The predicted molar refractivity (Wildman–Crippen MR) is 58.3 cm³/mol. The van der Waals surface area contributed by atoms with E-state index in [9.17, 15) is 9.90 Å². The van der Waals surface area contributed by atoms with Gasteiger partial charge in [0.1, 0.15) is 11.3 Å². The number of benzene rings is 1. The van der Waals surface area contributed by atoms with Crippen molar-refractivity contribution in [2.75, 3.05) is 6.61 Å². The fourth-order valence-corrected chi connectivity index (χ4v) is 1.03. The van der Waals surface area contributed by atoms with Gasteiger partial charge in [0.25, 0.3) is 0 Å². The molecule has 15 heavy (non-hydrogen) atoms. The highest BCUT2D eigenvalue weighted by molar-refractivity contribution is 5.92. The van der Waals surface area contributed by atoms with E-state index < -0.39 is 5.97 Å². The van der Waals surface area contributed by atoms with Crippen molar-refractivity contribution in [3.05, 3.63) is 29.8 Å². The Bertz CT molecular complexity index is 312. The van der Waals surface area contributed by atoms with Crippen LogP contribution in [0, 0.1) is 0 Å². The van der Waals surface area contributed by atoms with E-state index >= 15 is 0 Å². The Morgan fingerprint density at radius 1 is 1.40 bits per heavy atom. The minimum Gasteiger partial charge on any atom is -0.507 e. The first-order valence-electron chi connectivity index (χ1n) is 4.70. The van der Waals surface area contributed by atoms with Gasteiger partial charge in [0.05, 0.1) is 6.61 Å². The zero-order valence-electron chi connectivity index (χ0n) is 8.90. The summed E-state index contributed by atoms with van der Waals surface area (Å²) >= 11 is 0. The molecule has 0 atom stereocenters. The molecule has 1 aromatic carbocycles. The molecule has 0 aliphatic carbocycles. The molecule has 4 nitrogen and oxygen atoms in total. The number of hydrogen-bond donors (Lipinski definition) is 2. The third-order valence-electron chi connectivity index (χ3n) is 1.86. The minimum atomic E-state index is -0.462. The lowest BCUT2D eigenvalue weighted by atomic mass is 10.2. The van der Waals surface area contributed by atoms with Crippen molar-refractivity contribution in [2.45, 2.75) is 19.8 Å². The topological polar surface area (TPSA) is 81.5 Å². The van der Waals surface area contributed by atoms with Crippen LogP contribution in [0.25, 0.3) is 0 Å². The number of para-hydroxylation sites is 1. The number of unbranched alkanes of at least 4 members (excludes halogenated alkanes) is 1. The Labute approximate surface area is 89.5 Å². The van der Waals surface area contributed by atoms with Gasteiger partial charge in [-0.1, -0.05) is 25.5 Å². The second-order valence-corrected chi connectivity index (χ2v) is 3.01. The van der Waals surface area contributed by atoms with E-state index in [1.807, 2.05) is 6.92 Å². The van der Waals surface area contributed by atoms with Crippen LogP contribution in [0.1, 0.15) is 30.1 Å². The average Bonchev–Trinajstić information content (AvgIpc) is 2.18. The lowest BCUT2D eigenvalue weighted by Crippen LogP contribution is -2.06. The van der Waals surface area contributed by atoms with E-state index in [0.29, 0.717) is 6.61 Å². The van der Waals surface area contributed by atoms with Gasteiger partial charge in [-0.25, -0.2) is 4.79 Å². The number of phenols is 1. The summed E-state index contributed by atoms with van der Waals surface area (Å²) in [5.41, 5.74) is 0.226. The third-order valence-corrected chi connectivity index (χ3v) is 1.86. The average molecular weight is 211 g/mol. The molecule has 0 bridgehead atoms. The Morgan fingerprint density at radius 3 is 2.67 bits per heavy atom. The summed E-state index contributed by atoms with van der Waals surface area (Å²) in [7, 11) is 0. The fourth-order valence-electron chi connectivity index (χ4n) is 1.03. The molecule has 0 saturated heterocycles. The van der Waals surface area contributed by atoms with Crippen LogP contribution in [0.15, 0.2) is 24.3 Å². The van der Waals surface area contributed by atoms with Crippen LogP contribution in [0.5, 0.6) is 5.75 Å². The highest BCUT2D eigenvalue weighted by atomic mass is 16.5. The molecule has 0 saturated carbocycles. The normalized spacial score (nSPS) is 9.13. The second kappa shape index (κ2) is 6.84. The van der Waals surface area contributed by atoms with Crippen molar-refractivity contribution >= 4 is 5.97 Å². The van der Waals surface area contributed by atoms with Crippen LogP contribution in [0.3, 0.4) is 0 Å². The number of ether oxygens (including phenoxy) is 1. The lowest BCUT2D eigenvalue weighted by Gasteiger charge is -2.04. The SMILES string of the molecule is CCCCOC(=O)c1ccccc1O.N. The van der Waals surface area contributed by atoms with Crippen LogP contribution in [-0.4, -0.2) is 17.7 Å². The number of esters is 1. The van der Waals surface area contributed by atoms with E-state index in [4.69, 9.17) is 4.74 Å². The molecule has 0 aliphatic rings. The van der Waals surface area contributed by atoms with Gasteiger partial charge >= 0.3 is 5.97 Å². The van der Waals surface area contributed by atoms with Gasteiger partial charge in [0, 0.05) is 0 Å². The van der Waals surface area contributed by atoms with Gasteiger partial charge in [-0.2, -0.15) is 0 Å².